The molecule has 41 heavy (non-hydrogen) atoms. The monoisotopic (exact) mass is 595 g/mol. The molecule has 1 atom stereocenters. The average molecular weight is 596 g/mol. The summed E-state index contributed by atoms with van der Waals surface area (Å²) in [5, 5.41) is 16.3. The van der Waals surface area contributed by atoms with E-state index in [-0.39, 0.29) is 30.3 Å². The minimum Gasteiger partial charge on any atom is -0.496 e. The van der Waals surface area contributed by atoms with E-state index in [2.05, 4.69) is 30.1 Å². The van der Waals surface area contributed by atoms with Gasteiger partial charge in [0.05, 0.1) is 30.4 Å². The van der Waals surface area contributed by atoms with Crippen molar-refractivity contribution in [1.29, 1.82) is 0 Å². The molecule has 0 spiro atoms. The smallest absolute Gasteiger partial charge is 0.496 e. The number of thioether (sulfide) groups is 1. The predicted molar refractivity (Wildman–Crippen MR) is 137 cm³/mol. The third kappa shape index (κ3) is 5.71. The molecule has 4 heterocycles. The Hall–Kier alpha value is -4.15. The second-order valence-corrected chi connectivity index (χ2v) is 10.6. The van der Waals surface area contributed by atoms with Gasteiger partial charge in [0.25, 0.3) is 0 Å². The number of nitrogens with one attached hydrogen (secondary N) is 1. The quantitative estimate of drug-likeness (QED) is 0.243. The van der Waals surface area contributed by atoms with Crippen LogP contribution in [0.5, 0.6) is 5.75 Å². The van der Waals surface area contributed by atoms with Gasteiger partial charge in [-0.25, -0.2) is 19.3 Å². The van der Waals surface area contributed by atoms with E-state index in [0.717, 1.165) is 27.8 Å². The second-order valence-electron chi connectivity index (χ2n) is 9.59. The Bertz CT molecular complexity index is 1560. The van der Waals surface area contributed by atoms with Gasteiger partial charge >= 0.3 is 24.3 Å². The number of hydrogen-bond acceptors (Lipinski definition) is 10. The Labute approximate surface area is 234 Å². The molecule has 1 saturated carbocycles. The van der Waals surface area contributed by atoms with Gasteiger partial charge in [0.15, 0.2) is 5.65 Å². The summed E-state index contributed by atoms with van der Waals surface area (Å²) in [5.74, 6) is -1.49. The van der Waals surface area contributed by atoms with Crippen molar-refractivity contribution in [2.75, 3.05) is 18.2 Å². The zero-order valence-electron chi connectivity index (χ0n) is 22.0. The van der Waals surface area contributed by atoms with Crippen LogP contribution in [0.1, 0.15) is 35.4 Å². The van der Waals surface area contributed by atoms with Crippen LogP contribution in [0.25, 0.3) is 11.0 Å². The third-order valence-electron chi connectivity index (χ3n) is 6.73. The number of halogens is 3. The summed E-state index contributed by atoms with van der Waals surface area (Å²) in [6.07, 6.45) is -5.62. The lowest BCUT2D eigenvalue weighted by Crippen LogP contribution is -2.50. The van der Waals surface area contributed by atoms with Gasteiger partial charge < -0.3 is 19.5 Å². The molecule has 0 radical (unpaired) electrons. The summed E-state index contributed by atoms with van der Waals surface area (Å²) in [7, 11) is 1.53. The first-order chi connectivity index (χ1) is 19.4. The first kappa shape index (κ1) is 28.4. The fraction of sp³-hybridized carbons (Fsp3) is 0.458. The Morgan fingerprint density at radius 1 is 1.22 bits per heavy atom. The number of carbonyl (C=O) groups is 3. The van der Waals surface area contributed by atoms with Crippen LogP contribution in [0.2, 0.25) is 0 Å². The fourth-order valence-corrected chi connectivity index (χ4v) is 5.99. The predicted octanol–water partition coefficient (Wildman–Crippen LogP) is 3.69. The maximum atomic E-state index is 13.5. The van der Waals surface area contributed by atoms with Gasteiger partial charge in [-0.2, -0.15) is 23.3 Å². The van der Waals surface area contributed by atoms with E-state index >= 15 is 0 Å². The first-order valence-electron chi connectivity index (χ1n) is 12.4. The molecule has 3 aromatic rings. The van der Waals surface area contributed by atoms with E-state index in [1.54, 1.807) is 6.20 Å². The summed E-state index contributed by atoms with van der Waals surface area (Å²) < 4.78 is 51.6. The largest absolute Gasteiger partial charge is 0.514 e. The summed E-state index contributed by atoms with van der Waals surface area (Å²) in [4.78, 5) is 49.2. The lowest BCUT2D eigenvalue weighted by molar-refractivity contribution is -0.188. The Morgan fingerprint density at radius 3 is 2.59 bits per heavy atom. The summed E-state index contributed by atoms with van der Waals surface area (Å²) in [6.45, 7) is 3.74. The molecule has 0 aromatic carbocycles. The van der Waals surface area contributed by atoms with Crippen LogP contribution in [-0.4, -0.2) is 84.0 Å². The van der Waals surface area contributed by atoms with E-state index in [1.165, 1.54) is 11.8 Å². The number of carbonyl (C=O) groups excluding carboxylic acids is 2. The number of anilines is 1. The van der Waals surface area contributed by atoms with Crippen molar-refractivity contribution in [3.8, 4) is 5.75 Å². The van der Waals surface area contributed by atoms with Gasteiger partial charge in [-0.1, -0.05) is 0 Å². The first-order valence-corrected chi connectivity index (χ1v) is 13.4. The van der Waals surface area contributed by atoms with Crippen LogP contribution in [0, 0.1) is 13.8 Å². The van der Waals surface area contributed by atoms with E-state index < -0.39 is 36.4 Å². The Morgan fingerprint density at radius 2 is 1.95 bits per heavy atom. The number of aryl methyl sites for hydroxylation is 1. The number of ether oxygens (including phenoxy) is 2. The van der Waals surface area contributed by atoms with Crippen LogP contribution in [0.3, 0.4) is 0 Å². The number of alkyl halides is 3. The molecule has 2 aliphatic rings. The van der Waals surface area contributed by atoms with Crippen molar-refractivity contribution >= 4 is 46.9 Å². The van der Waals surface area contributed by atoms with Crippen molar-refractivity contribution < 1.29 is 42.1 Å². The lowest BCUT2D eigenvalue weighted by Gasteiger charge is -2.31. The number of rotatable bonds is 6. The molecule has 1 fully saturated rings. The van der Waals surface area contributed by atoms with Crippen LogP contribution in [0.4, 0.5) is 28.7 Å². The molecule has 0 saturated heterocycles. The molecule has 3 aromatic heterocycles. The molecular formula is C24H24F3N7O6S. The van der Waals surface area contributed by atoms with E-state index in [0.29, 0.717) is 40.4 Å². The minimum atomic E-state index is -5.03. The van der Waals surface area contributed by atoms with Crippen molar-refractivity contribution in [1.82, 2.24) is 29.6 Å². The highest BCUT2D eigenvalue weighted by Gasteiger charge is 2.50. The number of pyridine rings is 1. The van der Waals surface area contributed by atoms with Crippen LogP contribution in [0.15, 0.2) is 11.2 Å². The van der Waals surface area contributed by atoms with E-state index in [4.69, 9.17) is 9.84 Å². The molecule has 0 bridgehead atoms. The molecule has 1 aliphatic carbocycles. The average Bonchev–Trinajstić information content (AvgIpc) is 3.68. The number of carboxylic acid groups (broad SMARTS) is 1. The van der Waals surface area contributed by atoms with Gasteiger partial charge in [0.1, 0.15) is 10.8 Å². The molecule has 5 rings (SSSR count). The van der Waals surface area contributed by atoms with Crippen molar-refractivity contribution in [2.45, 2.75) is 62.9 Å². The second kappa shape index (κ2) is 10.7. The van der Waals surface area contributed by atoms with Gasteiger partial charge in [-0.05, 0) is 26.7 Å². The summed E-state index contributed by atoms with van der Waals surface area (Å²) in [5.41, 5.74) is 2.74. The molecule has 1 aliphatic heterocycles. The number of nitrogens with zero attached hydrogens (tertiary/aromatic N) is 6. The zero-order valence-corrected chi connectivity index (χ0v) is 22.8. The van der Waals surface area contributed by atoms with E-state index in [9.17, 15) is 27.6 Å². The number of methoxy groups -OCH3 is 1. The topological polar surface area (TPSA) is 162 Å². The Balaban J connectivity index is 1.58. The molecule has 2 amide bonds. The standard InChI is InChI=1S/C24H24F3N7O6S/c1-10-7-28-15(11(2)17(10)39-3)8-33-18-16-14(32-33)6-13(34(12-4-5-12)20(35)24(25,26)27)9-41-19(16)30-21(29-18)31-22(36)40-23(37)38/h7,12-13H,4-6,8-9H2,1-3H3,(H,37,38)(H,29,30,31,36). The van der Waals surface area contributed by atoms with Gasteiger partial charge in [0, 0.05) is 41.6 Å². The minimum absolute atomic E-state index is 0.0165. The highest BCUT2D eigenvalue weighted by molar-refractivity contribution is 7.99. The SMILES string of the molecule is COc1c(C)cnc(Cn2nc3c4c(nc(NC(=O)OC(=O)O)nc42)SCC(N(C(=O)C(F)(F)F)C2CC2)C3)c1C. The number of hydrogen-bond donors (Lipinski definition) is 2. The molecular weight excluding hydrogens is 571 g/mol. The van der Waals surface area contributed by atoms with Crippen LogP contribution < -0.4 is 10.1 Å². The van der Waals surface area contributed by atoms with Crippen molar-refractivity contribution in [3.05, 3.63) is 28.7 Å². The maximum Gasteiger partial charge on any atom is 0.514 e. The maximum absolute atomic E-state index is 13.5. The van der Waals surface area contributed by atoms with Gasteiger partial charge in [-0.3, -0.25) is 15.1 Å². The molecule has 13 nitrogen and oxygen atoms in total. The van der Waals surface area contributed by atoms with Gasteiger partial charge in [-0.15, -0.1) is 11.8 Å². The van der Waals surface area contributed by atoms with E-state index in [1.807, 2.05) is 13.8 Å². The molecule has 1 unspecified atom stereocenters. The number of amides is 2. The third-order valence-corrected chi connectivity index (χ3v) is 7.85. The van der Waals surface area contributed by atoms with Crippen molar-refractivity contribution in [3.63, 3.8) is 0 Å². The van der Waals surface area contributed by atoms with Gasteiger partial charge in [0.2, 0.25) is 5.95 Å². The molecule has 218 valence electrons. The Kier molecular flexibility index (Phi) is 7.39. The number of aromatic nitrogens is 5. The highest BCUT2D eigenvalue weighted by atomic mass is 32.2. The van der Waals surface area contributed by atoms with Crippen LogP contribution in [-0.2, 0) is 22.5 Å². The zero-order chi connectivity index (χ0) is 29.6. The van der Waals surface area contributed by atoms with Crippen molar-refractivity contribution in [2.24, 2.45) is 0 Å². The lowest BCUT2D eigenvalue weighted by atomic mass is 10.1. The molecule has 2 N–H and O–H groups in total. The van der Waals surface area contributed by atoms with Crippen LogP contribution >= 0.6 is 11.8 Å². The normalized spacial score (nSPS) is 16.7. The summed E-state index contributed by atoms with van der Waals surface area (Å²) in [6, 6.07) is -1.36. The molecule has 17 heteroatoms. The highest BCUT2D eigenvalue weighted by Crippen LogP contribution is 2.40. The summed E-state index contributed by atoms with van der Waals surface area (Å²) >= 11 is 1.09. The fourth-order valence-electron chi connectivity index (χ4n) is 4.86.